The summed E-state index contributed by atoms with van der Waals surface area (Å²) in [5, 5.41) is 3.62. The van der Waals surface area contributed by atoms with Gasteiger partial charge in [-0.3, -0.25) is 0 Å². The number of allylic oxidation sites excluding steroid dienone is 9. The summed E-state index contributed by atoms with van der Waals surface area (Å²) in [6.45, 7) is 17.5. The molecular weight excluding hydrogens is 266 g/mol. The molecule has 1 nitrogen and oxygen atoms in total. The van der Waals surface area contributed by atoms with E-state index in [4.69, 9.17) is 0 Å². The number of hydrogen-bond donors (Lipinski definition) is 1. The summed E-state index contributed by atoms with van der Waals surface area (Å²) >= 11 is 0. The molecule has 0 spiro atoms. The third-order valence-corrected chi connectivity index (χ3v) is 3.63. The molecule has 1 N–H and O–H groups in total. The van der Waals surface area contributed by atoms with Crippen LogP contribution in [0.25, 0.3) is 0 Å². The Morgan fingerprint density at radius 1 is 1.05 bits per heavy atom. The summed E-state index contributed by atoms with van der Waals surface area (Å²) in [6, 6.07) is 0. The van der Waals surface area contributed by atoms with E-state index in [0.29, 0.717) is 0 Å². The van der Waals surface area contributed by atoms with Gasteiger partial charge in [0.1, 0.15) is 0 Å². The van der Waals surface area contributed by atoms with Crippen molar-refractivity contribution < 1.29 is 0 Å². The molecular formula is C21H33N. The molecule has 0 aliphatic heterocycles. The smallest absolute Gasteiger partial charge is 0.0403 e. The summed E-state index contributed by atoms with van der Waals surface area (Å²) in [6.07, 6.45) is 14.6. The zero-order valence-corrected chi connectivity index (χ0v) is 15.3. The second-order valence-corrected chi connectivity index (χ2v) is 5.57. The molecule has 0 amide bonds. The van der Waals surface area contributed by atoms with Crippen molar-refractivity contribution in [1.29, 1.82) is 0 Å². The zero-order valence-electron chi connectivity index (χ0n) is 15.3. The summed E-state index contributed by atoms with van der Waals surface area (Å²) in [7, 11) is 0. The minimum absolute atomic E-state index is 0.840. The van der Waals surface area contributed by atoms with E-state index in [0.717, 1.165) is 19.4 Å². The molecule has 0 fully saturated rings. The van der Waals surface area contributed by atoms with Crippen molar-refractivity contribution in [2.45, 2.75) is 54.4 Å². The first kappa shape index (κ1) is 20.2. The first-order valence-corrected chi connectivity index (χ1v) is 8.20. The molecule has 0 heterocycles. The molecule has 0 atom stereocenters. The van der Waals surface area contributed by atoms with Gasteiger partial charge in [0, 0.05) is 12.2 Å². The molecule has 0 unspecified atom stereocenters. The Hall–Kier alpha value is -1.76. The van der Waals surface area contributed by atoms with E-state index in [1.807, 2.05) is 6.08 Å². The van der Waals surface area contributed by atoms with E-state index < -0.39 is 0 Å². The maximum atomic E-state index is 3.73. The van der Waals surface area contributed by atoms with E-state index in [1.165, 1.54) is 28.0 Å². The van der Waals surface area contributed by atoms with Crippen LogP contribution < -0.4 is 5.32 Å². The van der Waals surface area contributed by atoms with Crippen molar-refractivity contribution in [1.82, 2.24) is 5.32 Å². The standard InChI is InChI=1S/C21H33N/c1-8-12-13-15-19(20(11-4)18(7)10-3)16-22-21(14-9-2)17(5)6/h8,10-13,15,22H,1,9,14,16H2,2-7H3/b13-12+,18-10-,19-15+,20-11+. The van der Waals surface area contributed by atoms with Gasteiger partial charge in [-0.2, -0.15) is 0 Å². The Labute approximate surface area is 137 Å². The molecule has 1 heteroatoms. The van der Waals surface area contributed by atoms with Gasteiger partial charge >= 0.3 is 0 Å². The van der Waals surface area contributed by atoms with Crippen molar-refractivity contribution in [2.24, 2.45) is 0 Å². The molecule has 22 heavy (non-hydrogen) atoms. The summed E-state index contributed by atoms with van der Waals surface area (Å²) in [4.78, 5) is 0. The van der Waals surface area contributed by atoms with Gasteiger partial charge in [0.2, 0.25) is 0 Å². The lowest BCUT2D eigenvalue weighted by molar-refractivity contribution is 0.758. The van der Waals surface area contributed by atoms with Crippen LogP contribution in [0.4, 0.5) is 0 Å². The minimum Gasteiger partial charge on any atom is -0.384 e. The predicted octanol–water partition coefficient (Wildman–Crippen LogP) is 6.25. The van der Waals surface area contributed by atoms with Crippen LogP contribution in [0.15, 0.2) is 71.0 Å². The van der Waals surface area contributed by atoms with Gasteiger partial charge in [0.25, 0.3) is 0 Å². The predicted molar refractivity (Wildman–Crippen MR) is 102 cm³/mol. The highest BCUT2D eigenvalue weighted by molar-refractivity contribution is 5.47. The average Bonchev–Trinajstić information content (AvgIpc) is 2.50. The van der Waals surface area contributed by atoms with Crippen LogP contribution in [0.2, 0.25) is 0 Å². The molecule has 0 aliphatic carbocycles. The third-order valence-electron chi connectivity index (χ3n) is 3.63. The molecule has 0 rings (SSSR count). The average molecular weight is 300 g/mol. The second-order valence-electron chi connectivity index (χ2n) is 5.57. The number of hydrogen-bond acceptors (Lipinski definition) is 1. The molecule has 122 valence electrons. The number of rotatable bonds is 9. The minimum atomic E-state index is 0.840. The Kier molecular flexibility index (Phi) is 10.9. The van der Waals surface area contributed by atoms with Crippen LogP contribution in [0.1, 0.15) is 54.4 Å². The Morgan fingerprint density at radius 3 is 2.18 bits per heavy atom. The molecule has 0 radical (unpaired) electrons. The van der Waals surface area contributed by atoms with Crippen molar-refractivity contribution >= 4 is 0 Å². The van der Waals surface area contributed by atoms with E-state index in [2.05, 4.69) is 77.7 Å². The fraction of sp³-hybridized carbons (Fsp3) is 0.429. The van der Waals surface area contributed by atoms with E-state index in [-0.39, 0.29) is 0 Å². The largest absolute Gasteiger partial charge is 0.384 e. The van der Waals surface area contributed by atoms with Crippen molar-refractivity contribution in [3.63, 3.8) is 0 Å². The monoisotopic (exact) mass is 299 g/mol. The topological polar surface area (TPSA) is 12.0 Å². The molecule has 0 saturated carbocycles. The van der Waals surface area contributed by atoms with E-state index in [9.17, 15) is 0 Å². The zero-order chi connectivity index (χ0) is 17.0. The van der Waals surface area contributed by atoms with Gasteiger partial charge in [0.05, 0.1) is 0 Å². The van der Waals surface area contributed by atoms with E-state index >= 15 is 0 Å². The Balaban J connectivity index is 5.36. The van der Waals surface area contributed by atoms with Crippen molar-refractivity contribution in [3.8, 4) is 0 Å². The fourth-order valence-electron chi connectivity index (χ4n) is 2.28. The van der Waals surface area contributed by atoms with Gasteiger partial charge < -0.3 is 5.32 Å². The Morgan fingerprint density at radius 2 is 1.73 bits per heavy atom. The van der Waals surface area contributed by atoms with Gasteiger partial charge in [-0.1, -0.05) is 62.0 Å². The summed E-state index contributed by atoms with van der Waals surface area (Å²) in [5.74, 6) is 0. The van der Waals surface area contributed by atoms with Gasteiger partial charge in [-0.15, -0.1) is 0 Å². The Bertz CT molecular complexity index is 492. The van der Waals surface area contributed by atoms with Gasteiger partial charge in [-0.25, -0.2) is 0 Å². The third kappa shape index (κ3) is 7.31. The molecule has 0 bridgehead atoms. The van der Waals surface area contributed by atoms with E-state index in [1.54, 1.807) is 6.08 Å². The first-order chi connectivity index (χ1) is 10.5. The number of nitrogens with one attached hydrogen (secondary N) is 1. The quantitative estimate of drug-likeness (QED) is 0.496. The molecule has 0 aromatic rings. The SMILES string of the molecule is C=C/C=C/C=C(CNC(CCC)=C(C)C)/C(=C/C)C(/C)=C\C. The van der Waals surface area contributed by atoms with Crippen LogP contribution >= 0.6 is 0 Å². The lowest BCUT2D eigenvalue weighted by Crippen LogP contribution is -2.19. The first-order valence-electron chi connectivity index (χ1n) is 8.20. The maximum Gasteiger partial charge on any atom is 0.0403 e. The highest BCUT2D eigenvalue weighted by Crippen LogP contribution is 2.20. The summed E-state index contributed by atoms with van der Waals surface area (Å²) < 4.78 is 0. The second kappa shape index (κ2) is 11.9. The van der Waals surface area contributed by atoms with Crippen LogP contribution in [0.5, 0.6) is 0 Å². The molecule has 0 aromatic carbocycles. The highest BCUT2D eigenvalue weighted by atomic mass is 14.9. The molecule has 0 aromatic heterocycles. The van der Waals surface area contributed by atoms with Crippen LogP contribution in [0.3, 0.4) is 0 Å². The van der Waals surface area contributed by atoms with Gasteiger partial charge in [-0.05, 0) is 57.8 Å². The normalized spacial score (nSPS) is 13.5. The van der Waals surface area contributed by atoms with Crippen LogP contribution in [0, 0.1) is 0 Å². The fourth-order valence-corrected chi connectivity index (χ4v) is 2.28. The maximum absolute atomic E-state index is 3.73. The molecule has 0 aliphatic rings. The van der Waals surface area contributed by atoms with Crippen molar-refractivity contribution in [3.05, 3.63) is 71.0 Å². The van der Waals surface area contributed by atoms with Gasteiger partial charge in [0.15, 0.2) is 0 Å². The highest BCUT2D eigenvalue weighted by Gasteiger charge is 2.07. The summed E-state index contributed by atoms with van der Waals surface area (Å²) in [5.41, 5.74) is 6.62. The lowest BCUT2D eigenvalue weighted by Gasteiger charge is -2.17. The van der Waals surface area contributed by atoms with Crippen LogP contribution in [-0.2, 0) is 0 Å². The van der Waals surface area contributed by atoms with Crippen molar-refractivity contribution in [2.75, 3.05) is 6.54 Å². The van der Waals surface area contributed by atoms with Crippen LogP contribution in [-0.4, -0.2) is 6.54 Å². The molecule has 0 saturated heterocycles. The lowest BCUT2D eigenvalue weighted by atomic mass is 9.97.